The second-order valence-electron chi connectivity index (χ2n) is 7.34. The second kappa shape index (κ2) is 8.98. The Balaban J connectivity index is 1.61. The molecule has 0 saturated heterocycles. The topological polar surface area (TPSA) is 138 Å². The first kappa shape index (κ1) is 21.4. The van der Waals surface area contributed by atoms with Crippen molar-refractivity contribution in [3.8, 4) is 5.75 Å². The van der Waals surface area contributed by atoms with Gasteiger partial charge >= 0.3 is 5.63 Å². The van der Waals surface area contributed by atoms with Gasteiger partial charge in [0, 0.05) is 17.0 Å². The van der Waals surface area contributed by atoms with Gasteiger partial charge < -0.3 is 29.7 Å². The summed E-state index contributed by atoms with van der Waals surface area (Å²) in [5.74, 6) is -2.29. The minimum absolute atomic E-state index is 0.335. The fourth-order valence-corrected chi connectivity index (χ4v) is 3.41. The lowest BCUT2D eigenvalue weighted by atomic mass is 9.91. The fourth-order valence-electron chi connectivity index (χ4n) is 3.41. The molecule has 2 amide bonds. The average molecular weight is 415 g/mol. The molecule has 0 saturated carbocycles. The maximum atomic E-state index is 12.2. The van der Waals surface area contributed by atoms with Gasteiger partial charge in [0.15, 0.2) is 6.61 Å². The Morgan fingerprint density at radius 1 is 1.10 bits per heavy atom. The van der Waals surface area contributed by atoms with Crippen LogP contribution in [-0.2, 0) is 27.2 Å². The Morgan fingerprint density at radius 3 is 2.50 bits per heavy atom. The van der Waals surface area contributed by atoms with Crippen LogP contribution in [0.25, 0.3) is 11.0 Å². The number of nitrogens with one attached hydrogen (secondary N) is 2. The molecule has 160 valence electrons. The Kier molecular flexibility index (Phi) is 6.39. The lowest BCUT2D eigenvalue weighted by Gasteiger charge is -2.19. The highest BCUT2D eigenvalue weighted by atomic mass is 16.5. The lowest BCUT2D eigenvalue weighted by molar-refractivity contribution is -0.307. The number of carboxylic acid groups (broad SMARTS) is 1. The first-order valence-corrected chi connectivity index (χ1v) is 9.78. The molecule has 3 rings (SSSR count). The van der Waals surface area contributed by atoms with Crippen molar-refractivity contribution in [1.82, 2.24) is 10.6 Å². The van der Waals surface area contributed by atoms with E-state index in [0.717, 1.165) is 42.2 Å². The zero-order chi connectivity index (χ0) is 21.8. The number of aliphatic carboxylic acids is 1. The Morgan fingerprint density at radius 2 is 1.80 bits per heavy atom. The van der Waals surface area contributed by atoms with Crippen molar-refractivity contribution in [2.24, 2.45) is 0 Å². The second-order valence-corrected chi connectivity index (χ2v) is 7.34. The van der Waals surface area contributed by atoms with Crippen molar-refractivity contribution in [2.45, 2.75) is 51.6 Å². The Bertz CT molecular complexity index is 1040. The molecule has 1 aliphatic carbocycles. The first-order valence-electron chi connectivity index (χ1n) is 9.78. The number of rotatable bonds is 7. The molecule has 1 aromatic heterocycles. The van der Waals surface area contributed by atoms with Crippen LogP contribution >= 0.6 is 0 Å². The standard InChI is InChI=1S/C21H24N2O7/c1-11(19(25)23-12(2)20(26)27)22-18(24)10-29-13-7-8-15-14-5-3-4-6-16(14)21(28)30-17(15)9-13/h7-9,11-12H,3-6,10H2,1-2H3,(H,22,24)(H,23,25)(H,26,27)/p-1/t11-,12+/m1/s1. The van der Waals surface area contributed by atoms with E-state index in [2.05, 4.69) is 10.6 Å². The summed E-state index contributed by atoms with van der Waals surface area (Å²) in [6, 6.07) is 2.95. The van der Waals surface area contributed by atoms with Crippen LogP contribution in [0.15, 0.2) is 27.4 Å². The third kappa shape index (κ3) is 4.79. The van der Waals surface area contributed by atoms with E-state index in [0.29, 0.717) is 11.3 Å². The Hall–Kier alpha value is -3.36. The Labute approximate surface area is 172 Å². The van der Waals surface area contributed by atoms with E-state index in [4.69, 9.17) is 9.15 Å². The maximum absolute atomic E-state index is 12.2. The van der Waals surface area contributed by atoms with Gasteiger partial charge in [0.25, 0.3) is 5.91 Å². The number of fused-ring (bicyclic) bond motifs is 3. The van der Waals surface area contributed by atoms with E-state index in [1.54, 1.807) is 12.1 Å². The van der Waals surface area contributed by atoms with Crippen LogP contribution in [0.4, 0.5) is 0 Å². The molecule has 0 fully saturated rings. The minimum Gasteiger partial charge on any atom is -0.548 e. The molecule has 9 heteroatoms. The predicted molar refractivity (Wildman–Crippen MR) is 105 cm³/mol. The summed E-state index contributed by atoms with van der Waals surface area (Å²) in [6.45, 7) is 2.32. The maximum Gasteiger partial charge on any atom is 0.339 e. The van der Waals surface area contributed by atoms with E-state index in [9.17, 15) is 24.3 Å². The van der Waals surface area contributed by atoms with Gasteiger partial charge in [-0.2, -0.15) is 0 Å². The number of carbonyl (C=O) groups is 3. The lowest BCUT2D eigenvalue weighted by Crippen LogP contribution is -2.52. The number of amides is 2. The molecule has 0 spiro atoms. The number of hydrogen-bond donors (Lipinski definition) is 2. The van der Waals surface area contributed by atoms with Gasteiger partial charge in [-0.3, -0.25) is 9.59 Å². The molecule has 2 aromatic rings. The molecular weight excluding hydrogens is 392 g/mol. The third-order valence-electron chi connectivity index (χ3n) is 5.05. The first-order chi connectivity index (χ1) is 14.3. The van der Waals surface area contributed by atoms with Crippen molar-refractivity contribution in [3.05, 3.63) is 39.7 Å². The van der Waals surface area contributed by atoms with E-state index in [1.165, 1.54) is 13.8 Å². The van der Waals surface area contributed by atoms with Gasteiger partial charge in [0.05, 0.1) is 12.0 Å². The van der Waals surface area contributed by atoms with Gasteiger partial charge in [0.1, 0.15) is 17.4 Å². The fraction of sp³-hybridized carbons (Fsp3) is 0.429. The number of hydrogen-bond acceptors (Lipinski definition) is 7. The van der Waals surface area contributed by atoms with Crippen LogP contribution in [0.1, 0.15) is 37.8 Å². The molecule has 1 aromatic carbocycles. The molecule has 30 heavy (non-hydrogen) atoms. The third-order valence-corrected chi connectivity index (χ3v) is 5.05. The van der Waals surface area contributed by atoms with Crippen molar-refractivity contribution in [2.75, 3.05) is 6.61 Å². The summed E-state index contributed by atoms with van der Waals surface area (Å²) in [6.07, 6.45) is 3.55. The zero-order valence-corrected chi connectivity index (χ0v) is 16.8. The zero-order valence-electron chi connectivity index (χ0n) is 16.8. The van der Waals surface area contributed by atoms with E-state index >= 15 is 0 Å². The SMILES string of the molecule is C[C@H](NC(=O)[C@@H](C)NC(=O)COc1ccc2c3c(c(=O)oc2c1)CCCC3)C(=O)[O-]. The van der Waals surface area contributed by atoms with E-state index < -0.39 is 29.9 Å². The van der Waals surface area contributed by atoms with Crippen molar-refractivity contribution in [3.63, 3.8) is 0 Å². The summed E-state index contributed by atoms with van der Waals surface area (Å²) in [4.78, 5) is 46.8. The summed E-state index contributed by atoms with van der Waals surface area (Å²) in [5.41, 5.74) is 1.82. The van der Waals surface area contributed by atoms with E-state index in [-0.39, 0.29) is 12.2 Å². The molecule has 1 heterocycles. The molecule has 9 nitrogen and oxygen atoms in total. The van der Waals surface area contributed by atoms with Crippen LogP contribution in [0.5, 0.6) is 5.75 Å². The largest absolute Gasteiger partial charge is 0.548 e. The highest BCUT2D eigenvalue weighted by Gasteiger charge is 2.20. The monoisotopic (exact) mass is 415 g/mol. The molecule has 2 atom stereocenters. The average Bonchev–Trinajstić information content (AvgIpc) is 2.72. The molecule has 1 aliphatic rings. The predicted octanol–water partition coefficient (Wildman–Crippen LogP) is -0.190. The number of carbonyl (C=O) groups excluding carboxylic acids is 3. The number of benzene rings is 1. The van der Waals surface area contributed by atoms with Crippen LogP contribution in [0.2, 0.25) is 0 Å². The van der Waals surface area contributed by atoms with Gasteiger partial charge in [0.2, 0.25) is 5.91 Å². The quantitative estimate of drug-likeness (QED) is 0.598. The molecule has 0 radical (unpaired) electrons. The van der Waals surface area contributed by atoms with Crippen LogP contribution < -0.4 is 26.1 Å². The van der Waals surface area contributed by atoms with Gasteiger partial charge in [-0.25, -0.2) is 4.79 Å². The van der Waals surface area contributed by atoms with Crippen LogP contribution in [0.3, 0.4) is 0 Å². The molecule has 0 aliphatic heterocycles. The van der Waals surface area contributed by atoms with Gasteiger partial charge in [-0.15, -0.1) is 0 Å². The van der Waals surface area contributed by atoms with Crippen LogP contribution in [-0.4, -0.2) is 36.5 Å². The summed E-state index contributed by atoms with van der Waals surface area (Å²) in [7, 11) is 0. The summed E-state index contributed by atoms with van der Waals surface area (Å²) >= 11 is 0. The van der Waals surface area contributed by atoms with Gasteiger partial charge in [-0.1, -0.05) is 0 Å². The molecule has 0 unspecified atom stereocenters. The normalized spacial score (nSPS) is 15.0. The van der Waals surface area contributed by atoms with Crippen molar-refractivity contribution in [1.29, 1.82) is 0 Å². The highest BCUT2D eigenvalue weighted by molar-refractivity contribution is 5.90. The summed E-state index contributed by atoms with van der Waals surface area (Å²) < 4.78 is 10.9. The summed E-state index contributed by atoms with van der Waals surface area (Å²) in [5, 5.41) is 16.2. The van der Waals surface area contributed by atoms with Crippen molar-refractivity contribution < 1.29 is 28.6 Å². The number of carboxylic acids is 1. The highest BCUT2D eigenvalue weighted by Crippen LogP contribution is 2.29. The van der Waals surface area contributed by atoms with E-state index in [1.807, 2.05) is 6.07 Å². The van der Waals surface area contributed by atoms with Crippen LogP contribution in [0, 0.1) is 0 Å². The number of ether oxygens (including phenoxy) is 1. The smallest absolute Gasteiger partial charge is 0.339 e. The molecule has 2 N–H and O–H groups in total. The minimum atomic E-state index is -1.42. The van der Waals surface area contributed by atoms with Crippen molar-refractivity contribution >= 4 is 28.8 Å². The molecule has 0 bridgehead atoms. The van der Waals surface area contributed by atoms with Gasteiger partial charge in [-0.05, 0) is 57.2 Å². The molecular formula is C21H23N2O7-. The number of aryl methyl sites for hydroxylation is 1.